The molecule has 1 atom stereocenters. The van der Waals surface area contributed by atoms with Crippen LogP contribution < -0.4 is 5.32 Å². The average Bonchev–Trinajstić information content (AvgIpc) is 2.69. The van der Waals surface area contributed by atoms with E-state index < -0.39 is 0 Å². The van der Waals surface area contributed by atoms with E-state index >= 15 is 0 Å². The molecule has 0 saturated carbocycles. The predicted molar refractivity (Wildman–Crippen MR) is 114 cm³/mol. The van der Waals surface area contributed by atoms with Gasteiger partial charge in [-0.3, -0.25) is 0 Å². The molecule has 3 rings (SSSR count). The zero-order valence-electron chi connectivity index (χ0n) is 15.4. The lowest BCUT2D eigenvalue weighted by Crippen LogP contribution is -2.50. The average molecular weight is 465 g/mol. The molecule has 1 unspecified atom stereocenters. The highest BCUT2D eigenvalue weighted by atomic mass is 127. The summed E-state index contributed by atoms with van der Waals surface area (Å²) in [5.74, 6) is 0. The van der Waals surface area contributed by atoms with Gasteiger partial charge in [-0.25, -0.2) is 0 Å². The van der Waals surface area contributed by atoms with Crippen LogP contribution in [0.1, 0.15) is 30.9 Å². The number of ether oxygens (including phenoxy) is 2. The molecule has 0 amide bonds. The molecule has 0 radical (unpaired) electrons. The summed E-state index contributed by atoms with van der Waals surface area (Å²) in [6, 6.07) is 19.3. The maximum absolute atomic E-state index is 6.25. The highest BCUT2D eigenvalue weighted by molar-refractivity contribution is 14.1. The first-order chi connectivity index (χ1) is 12.7. The van der Waals surface area contributed by atoms with Gasteiger partial charge in [-0.2, -0.15) is 0 Å². The van der Waals surface area contributed by atoms with Gasteiger partial charge >= 0.3 is 0 Å². The summed E-state index contributed by atoms with van der Waals surface area (Å²) in [4.78, 5) is 0. The smallest absolute Gasteiger partial charge is 0.0905 e. The molecule has 1 aliphatic heterocycles. The van der Waals surface area contributed by atoms with Gasteiger partial charge in [0.15, 0.2) is 0 Å². The molecule has 0 spiro atoms. The molecule has 2 aromatic rings. The Hall–Kier alpha value is -0.950. The SMILES string of the molecule is CCOC(COCc1cccc(I)c1)C1(c2ccccc2)CCNCC1. The van der Waals surface area contributed by atoms with E-state index in [-0.39, 0.29) is 11.5 Å². The Morgan fingerprint density at radius 3 is 2.54 bits per heavy atom. The second-order valence-electron chi connectivity index (χ2n) is 6.86. The number of halogens is 1. The van der Waals surface area contributed by atoms with Crippen LogP contribution in [0.15, 0.2) is 54.6 Å². The Balaban J connectivity index is 1.75. The van der Waals surface area contributed by atoms with Gasteiger partial charge in [0.2, 0.25) is 0 Å². The van der Waals surface area contributed by atoms with Crippen molar-refractivity contribution in [1.29, 1.82) is 0 Å². The predicted octanol–water partition coefficient (Wildman–Crippen LogP) is 4.53. The summed E-state index contributed by atoms with van der Waals surface area (Å²) in [6.45, 7) is 6.08. The minimum absolute atomic E-state index is 0.0215. The van der Waals surface area contributed by atoms with E-state index in [1.54, 1.807) is 0 Å². The van der Waals surface area contributed by atoms with Crippen molar-refractivity contribution in [2.24, 2.45) is 0 Å². The third-order valence-corrected chi connectivity index (χ3v) is 5.93. The van der Waals surface area contributed by atoms with E-state index in [9.17, 15) is 0 Å². The summed E-state index contributed by atoms with van der Waals surface area (Å²) in [6.07, 6.45) is 2.22. The molecule has 1 N–H and O–H groups in total. The van der Waals surface area contributed by atoms with E-state index in [0.29, 0.717) is 19.8 Å². The molecular formula is C22H28INO2. The zero-order valence-corrected chi connectivity index (χ0v) is 17.6. The molecule has 140 valence electrons. The van der Waals surface area contributed by atoms with Crippen molar-refractivity contribution in [2.75, 3.05) is 26.3 Å². The third-order valence-electron chi connectivity index (χ3n) is 5.26. The van der Waals surface area contributed by atoms with Crippen molar-refractivity contribution >= 4 is 22.6 Å². The van der Waals surface area contributed by atoms with Crippen LogP contribution in [0.5, 0.6) is 0 Å². The first kappa shape index (κ1) is 19.8. The summed E-state index contributed by atoms with van der Waals surface area (Å²) in [7, 11) is 0. The van der Waals surface area contributed by atoms with Crippen LogP contribution in [0.25, 0.3) is 0 Å². The molecule has 1 fully saturated rings. The summed E-state index contributed by atoms with van der Waals surface area (Å²) < 4.78 is 13.6. The zero-order chi connectivity index (χ0) is 18.2. The van der Waals surface area contributed by atoms with Crippen LogP contribution >= 0.6 is 22.6 Å². The number of hydrogen-bond acceptors (Lipinski definition) is 3. The van der Waals surface area contributed by atoms with Crippen LogP contribution in [0.2, 0.25) is 0 Å². The summed E-state index contributed by atoms with van der Waals surface area (Å²) >= 11 is 2.34. The lowest BCUT2D eigenvalue weighted by atomic mass is 9.69. The lowest BCUT2D eigenvalue weighted by molar-refractivity contribution is -0.0669. The molecule has 1 aliphatic rings. The van der Waals surface area contributed by atoms with Crippen molar-refractivity contribution < 1.29 is 9.47 Å². The monoisotopic (exact) mass is 465 g/mol. The first-order valence-electron chi connectivity index (χ1n) is 9.44. The quantitative estimate of drug-likeness (QED) is 0.581. The van der Waals surface area contributed by atoms with Gasteiger partial charge in [-0.15, -0.1) is 0 Å². The minimum Gasteiger partial charge on any atom is -0.375 e. The molecule has 0 bridgehead atoms. The Bertz CT molecular complexity index is 671. The molecule has 0 aromatic heterocycles. The number of benzene rings is 2. The van der Waals surface area contributed by atoms with E-state index in [2.05, 4.69) is 89.4 Å². The fraction of sp³-hybridized carbons (Fsp3) is 0.455. The first-order valence-corrected chi connectivity index (χ1v) is 10.5. The van der Waals surface area contributed by atoms with Gasteiger partial charge < -0.3 is 14.8 Å². The van der Waals surface area contributed by atoms with Gasteiger partial charge in [-0.1, -0.05) is 42.5 Å². The van der Waals surface area contributed by atoms with Crippen molar-refractivity contribution in [3.63, 3.8) is 0 Å². The van der Waals surface area contributed by atoms with Crippen molar-refractivity contribution in [3.05, 3.63) is 69.3 Å². The Morgan fingerprint density at radius 1 is 1.08 bits per heavy atom. The van der Waals surface area contributed by atoms with E-state index in [1.807, 2.05) is 0 Å². The van der Waals surface area contributed by atoms with Crippen molar-refractivity contribution in [2.45, 2.75) is 37.9 Å². The van der Waals surface area contributed by atoms with Crippen LogP contribution in [-0.4, -0.2) is 32.4 Å². The Morgan fingerprint density at radius 2 is 1.85 bits per heavy atom. The normalized spacial score (nSPS) is 17.8. The number of nitrogens with one attached hydrogen (secondary N) is 1. The Labute approximate surface area is 170 Å². The molecule has 1 saturated heterocycles. The fourth-order valence-electron chi connectivity index (χ4n) is 3.92. The maximum atomic E-state index is 6.25. The number of rotatable bonds is 8. The highest BCUT2D eigenvalue weighted by Gasteiger charge is 2.42. The minimum atomic E-state index is 0.0215. The van der Waals surface area contributed by atoms with E-state index in [1.165, 1.54) is 14.7 Å². The van der Waals surface area contributed by atoms with E-state index in [0.717, 1.165) is 25.9 Å². The lowest BCUT2D eigenvalue weighted by Gasteiger charge is -2.44. The van der Waals surface area contributed by atoms with Gasteiger partial charge in [-0.05, 0) is 78.7 Å². The molecule has 4 heteroatoms. The van der Waals surface area contributed by atoms with Gasteiger partial charge in [0.25, 0.3) is 0 Å². The summed E-state index contributed by atoms with van der Waals surface area (Å²) in [5.41, 5.74) is 2.61. The molecule has 0 aliphatic carbocycles. The van der Waals surface area contributed by atoms with Gasteiger partial charge in [0.1, 0.15) is 0 Å². The molecule has 1 heterocycles. The molecule has 2 aromatic carbocycles. The number of piperidine rings is 1. The largest absolute Gasteiger partial charge is 0.375 e. The van der Waals surface area contributed by atoms with Crippen LogP contribution in [-0.2, 0) is 21.5 Å². The molecule has 3 nitrogen and oxygen atoms in total. The van der Waals surface area contributed by atoms with Crippen molar-refractivity contribution in [3.8, 4) is 0 Å². The van der Waals surface area contributed by atoms with Crippen LogP contribution in [0.3, 0.4) is 0 Å². The van der Waals surface area contributed by atoms with Gasteiger partial charge in [0.05, 0.1) is 19.3 Å². The van der Waals surface area contributed by atoms with Crippen molar-refractivity contribution in [1.82, 2.24) is 5.32 Å². The topological polar surface area (TPSA) is 30.5 Å². The van der Waals surface area contributed by atoms with Crippen LogP contribution in [0, 0.1) is 3.57 Å². The second kappa shape index (κ2) is 9.83. The van der Waals surface area contributed by atoms with Crippen LogP contribution in [0.4, 0.5) is 0 Å². The molecule has 26 heavy (non-hydrogen) atoms. The molecular weight excluding hydrogens is 437 g/mol. The van der Waals surface area contributed by atoms with E-state index in [4.69, 9.17) is 9.47 Å². The highest BCUT2D eigenvalue weighted by Crippen LogP contribution is 2.38. The number of hydrogen-bond donors (Lipinski definition) is 1. The second-order valence-corrected chi connectivity index (χ2v) is 8.11. The fourth-order valence-corrected chi connectivity index (χ4v) is 4.53. The van der Waals surface area contributed by atoms with Gasteiger partial charge in [0, 0.05) is 15.6 Å². The summed E-state index contributed by atoms with van der Waals surface area (Å²) in [5, 5.41) is 3.50. The Kier molecular flexibility index (Phi) is 7.49. The third kappa shape index (κ3) is 4.85. The standard InChI is InChI=1S/C22H28INO2/c1-2-26-21(17-25-16-18-7-6-10-20(23)15-18)22(11-13-24-14-12-22)19-8-4-3-5-9-19/h3-10,15,21,24H,2,11-14,16-17H2,1H3. The maximum Gasteiger partial charge on any atom is 0.0905 e.